The van der Waals surface area contributed by atoms with E-state index in [1.54, 1.807) is 0 Å². The molecule has 0 saturated heterocycles. The van der Waals surface area contributed by atoms with Gasteiger partial charge in [-0.2, -0.15) is 0 Å². The highest BCUT2D eigenvalue weighted by atomic mass is 35.7. The largest absolute Gasteiger partial charge is 0.270 e. The molecule has 2 nitrogen and oxygen atoms in total. The van der Waals surface area contributed by atoms with Gasteiger partial charge in [0.2, 0.25) is 0 Å². The van der Waals surface area contributed by atoms with Crippen LogP contribution in [0, 0.1) is 0 Å². The van der Waals surface area contributed by atoms with E-state index in [9.17, 15) is 8.42 Å². The maximum Gasteiger partial charge on any atom is 0.270 e. The summed E-state index contributed by atoms with van der Waals surface area (Å²) in [4.78, 5) is 0. The second kappa shape index (κ2) is 2.70. The highest BCUT2D eigenvalue weighted by molar-refractivity contribution is 8.15. The van der Waals surface area contributed by atoms with E-state index in [1.807, 2.05) is 0 Å². The van der Waals surface area contributed by atoms with Crippen molar-refractivity contribution in [3.63, 3.8) is 0 Å². The Kier molecular flexibility index (Phi) is 2.24. The predicted octanol–water partition coefficient (Wildman–Crippen LogP) is 2.33. The molecule has 0 aliphatic rings. The summed E-state index contributed by atoms with van der Waals surface area (Å²) in [6.07, 6.45) is 0. The lowest BCUT2D eigenvalue weighted by Gasteiger charge is -1.83. The fraction of sp³-hybridized carbons (Fsp3) is 0. The Labute approximate surface area is 71.8 Å². The van der Waals surface area contributed by atoms with Crippen molar-refractivity contribution in [2.45, 2.75) is 4.21 Å². The second-order valence-corrected chi connectivity index (χ2v) is 5.66. The van der Waals surface area contributed by atoms with Crippen LogP contribution in [0.15, 0.2) is 15.7 Å². The molecule has 1 rings (SSSR count). The minimum absolute atomic E-state index is 0.0826. The molecule has 1 aromatic heterocycles. The van der Waals surface area contributed by atoms with E-state index < -0.39 is 9.05 Å². The molecule has 0 fully saturated rings. The Balaban J connectivity index is 3.21. The van der Waals surface area contributed by atoms with Crippen LogP contribution in [0.1, 0.15) is 0 Å². The van der Waals surface area contributed by atoms with Gasteiger partial charge in [-0.3, -0.25) is 0 Å². The molecule has 0 amide bonds. The molecule has 6 heteroatoms. The molecule has 1 aromatic rings. The Morgan fingerprint density at radius 1 is 1.50 bits per heavy atom. The van der Waals surface area contributed by atoms with Gasteiger partial charge >= 0.3 is 0 Å². The van der Waals surface area contributed by atoms with Gasteiger partial charge in [-0.15, -0.1) is 11.3 Å². The lowest BCUT2D eigenvalue weighted by Crippen LogP contribution is -1.83. The third-order valence-electron chi connectivity index (χ3n) is 0.784. The van der Waals surface area contributed by atoms with Crippen LogP contribution in [0.3, 0.4) is 0 Å². The normalized spacial score (nSPS) is 11.8. The third kappa shape index (κ3) is 1.85. The summed E-state index contributed by atoms with van der Waals surface area (Å²) in [5, 5.41) is 1.90. The van der Waals surface area contributed by atoms with Crippen molar-refractivity contribution in [3.05, 3.63) is 16.5 Å². The average molecular weight is 217 g/mol. The first kappa shape index (κ1) is 8.33. The maximum atomic E-state index is 10.6. The van der Waals surface area contributed by atoms with Gasteiger partial charge in [-0.05, 0) is 6.07 Å². The molecule has 0 aliphatic heterocycles. The van der Waals surface area contributed by atoms with Crippen molar-refractivity contribution in [2.75, 3.05) is 0 Å². The van der Waals surface area contributed by atoms with Gasteiger partial charge in [0.05, 0.1) is 5.02 Å². The van der Waals surface area contributed by atoms with E-state index in [0.29, 0.717) is 5.02 Å². The molecule has 0 spiro atoms. The average Bonchev–Trinajstić information content (AvgIpc) is 2.11. The van der Waals surface area contributed by atoms with E-state index >= 15 is 0 Å². The fourth-order valence-electron chi connectivity index (χ4n) is 0.423. The van der Waals surface area contributed by atoms with Crippen molar-refractivity contribution in [1.82, 2.24) is 0 Å². The lowest BCUT2D eigenvalue weighted by atomic mass is 10.7. The smallest absolute Gasteiger partial charge is 0.206 e. The van der Waals surface area contributed by atoms with E-state index in [2.05, 4.69) is 0 Å². The molecule has 0 N–H and O–H groups in total. The van der Waals surface area contributed by atoms with Crippen LogP contribution in [0.25, 0.3) is 0 Å². The topological polar surface area (TPSA) is 34.1 Å². The standard InChI is InChI=1S/C4H2Cl2O2S2/c5-3-1-4(9-2-3)10(6,7)8/h1-2H. The number of rotatable bonds is 1. The van der Waals surface area contributed by atoms with Crippen LogP contribution in [-0.4, -0.2) is 8.42 Å². The summed E-state index contributed by atoms with van der Waals surface area (Å²) in [6, 6.07) is 1.31. The van der Waals surface area contributed by atoms with Gasteiger partial charge in [-0.25, -0.2) is 8.42 Å². The molecule has 0 atom stereocenters. The summed E-state index contributed by atoms with van der Waals surface area (Å²) < 4.78 is 21.2. The molecular weight excluding hydrogens is 215 g/mol. The van der Waals surface area contributed by atoms with Gasteiger partial charge < -0.3 is 0 Å². The fourth-order valence-corrected chi connectivity index (χ4v) is 2.62. The first-order chi connectivity index (χ1) is 4.50. The molecule has 0 aromatic carbocycles. The van der Waals surface area contributed by atoms with E-state index in [4.69, 9.17) is 22.3 Å². The van der Waals surface area contributed by atoms with E-state index in [-0.39, 0.29) is 4.21 Å². The van der Waals surface area contributed by atoms with Crippen molar-refractivity contribution in [2.24, 2.45) is 0 Å². The molecule has 10 heavy (non-hydrogen) atoms. The summed E-state index contributed by atoms with van der Waals surface area (Å²) in [7, 11) is 1.42. The zero-order valence-electron chi connectivity index (χ0n) is 4.54. The quantitative estimate of drug-likeness (QED) is 0.676. The summed E-state index contributed by atoms with van der Waals surface area (Å²) >= 11 is 6.46. The van der Waals surface area contributed by atoms with Gasteiger partial charge in [0, 0.05) is 16.1 Å². The summed E-state index contributed by atoms with van der Waals surface area (Å²) in [5.41, 5.74) is 0. The lowest BCUT2D eigenvalue weighted by molar-refractivity contribution is 0.611. The van der Waals surface area contributed by atoms with Gasteiger partial charge in [-0.1, -0.05) is 11.6 Å². The maximum absolute atomic E-state index is 10.6. The van der Waals surface area contributed by atoms with E-state index in [0.717, 1.165) is 11.3 Å². The highest BCUT2D eigenvalue weighted by Gasteiger charge is 2.11. The molecule has 0 aliphatic carbocycles. The molecule has 0 saturated carbocycles. The van der Waals surface area contributed by atoms with Crippen LogP contribution >= 0.6 is 33.6 Å². The van der Waals surface area contributed by atoms with Crippen LogP contribution in [0.2, 0.25) is 5.02 Å². The highest BCUT2D eigenvalue weighted by Crippen LogP contribution is 2.25. The van der Waals surface area contributed by atoms with Crippen molar-refractivity contribution < 1.29 is 8.42 Å². The molecule has 0 radical (unpaired) electrons. The summed E-state index contributed by atoms with van der Waals surface area (Å²) in [6.45, 7) is 0. The molecule has 56 valence electrons. The zero-order chi connectivity index (χ0) is 7.78. The third-order valence-corrected chi connectivity index (χ3v) is 4.17. The molecule has 0 bridgehead atoms. The SMILES string of the molecule is O=S(=O)(Cl)c1cc(Cl)cs1. The predicted molar refractivity (Wildman–Crippen MR) is 42.4 cm³/mol. The number of hydrogen-bond acceptors (Lipinski definition) is 3. The van der Waals surface area contributed by atoms with Crippen molar-refractivity contribution in [1.29, 1.82) is 0 Å². The van der Waals surface area contributed by atoms with Crippen molar-refractivity contribution >= 4 is 42.7 Å². The Morgan fingerprint density at radius 2 is 2.10 bits per heavy atom. The number of hydrogen-bond donors (Lipinski definition) is 0. The van der Waals surface area contributed by atoms with Crippen LogP contribution in [0.4, 0.5) is 0 Å². The van der Waals surface area contributed by atoms with Crippen LogP contribution in [-0.2, 0) is 9.05 Å². The Hall–Kier alpha value is 0.230. The first-order valence-corrected chi connectivity index (χ1v) is 5.75. The van der Waals surface area contributed by atoms with Gasteiger partial charge in [0.25, 0.3) is 9.05 Å². The van der Waals surface area contributed by atoms with Gasteiger partial charge in [0.1, 0.15) is 4.21 Å². The Morgan fingerprint density at radius 3 is 2.30 bits per heavy atom. The second-order valence-electron chi connectivity index (χ2n) is 1.52. The first-order valence-electron chi connectivity index (χ1n) is 2.19. The molecular formula is C4H2Cl2O2S2. The van der Waals surface area contributed by atoms with Crippen LogP contribution < -0.4 is 0 Å². The van der Waals surface area contributed by atoms with E-state index in [1.165, 1.54) is 11.4 Å². The summed E-state index contributed by atoms with van der Waals surface area (Å²) in [5.74, 6) is 0. The molecule has 1 heterocycles. The number of halogens is 2. The number of thiophene rings is 1. The van der Waals surface area contributed by atoms with Crippen molar-refractivity contribution in [3.8, 4) is 0 Å². The Bertz CT molecular complexity index is 327. The minimum Gasteiger partial charge on any atom is -0.206 e. The van der Waals surface area contributed by atoms with Crippen LogP contribution in [0.5, 0.6) is 0 Å². The zero-order valence-corrected chi connectivity index (χ0v) is 7.69. The monoisotopic (exact) mass is 216 g/mol. The minimum atomic E-state index is -3.58. The van der Waals surface area contributed by atoms with Gasteiger partial charge in [0.15, 0.2) is 0 Å². The molecule has 0 unspecified atom stereocenters.